The van der Waals surface area contributed by atoms with Crippen LogP contribution >= 0.6 is 11.6 Å². The summed E-state index contributed by atoms with van der Waals surface area (Å²) in [5.41, 5.74) is 4.18. The molecule has 1 aromatic carbocycles. The summed E-state index contributed by atoms with van der Waals surface area (Å²) in [4.78, 5) is 23.4. The summed E-state index contributed by atoms with van der Waals surface area (Å²) in [7, 11) is 0. The Morgan fingerprint density at radius 1 is 1.03 bits per heavy atom. The molecule has 2 aliphatic rings. The second-order valence-electron chi connectivity index (χ2n) is 8.32. The lowest BCUT2D eigenvalue weighted by Crippen LogP contribution is -2.37. The Morgan fingerprint density at radius 2 is 1.94 bits per heavy atom. The molecule has 166 valence electrons. The van der Waals surface area contributed by atoms with Gasteiger partial charge in [0.25, 0.3) is 0 Å². The van der Waals surface area contributed by atoms with Crippen LogP contribution in [0.4, 0.5) is 5.95 Å². The Morgan fingerprint density at radius 3 is 2.81 bits per heavy atom. The summed E-state index contributed by atoms with van der Waals surface area (Å²) < 4.78 is 5.45. The maximum absolute atomic E-state index is 6.14. The zero-order valence-electron chi connectivity index (χ0n) is 18.0. The lowest BCUT2D eigenvalue weighted by Gasteiger charge is -2.27. The average molecular weight is 451 g/mol. The Hall–Kier alpha value is -2.61. The number of nitrogens with zero attached hydrogens (tertiary/aromatic N) is 6. The van der Waals surface area contributed by atoms with E-state index in [0.717, 1.165) is 92.3 Å². The highest BCUT2D eigenvalue weighted by atomic mass is 35.5. The summed E-state index contributed by atoms with van der Waals surface area (Å²) in [5.74, 6) is 0.796. The number of benzene rings is 1. The first-order valence-electron chi connectivity index (χ1n) is 11.2. The molecule has 7 nitrogen and oxygen atoms in total. The predicted octanol–water partition coefficient (Wildman–Crippen LogP) is 3.68. The molecule has 1 atom stereocenters. The van der Waals surface area contributed by atoms with E-state index in [-0.39, 0.29) is 6.04 Å². The van der Waals surface area contributed by atoms with Crippen LogP contribution in [0.15, 0.2) is 48.9 Å². The molecular weight excluding hydrogens is 424 g/mol. The molecule has 0 radical (unpaired) electrons. The van der Waals surface area contributed by atoms with E-state index in [2.05, 4.69) is 25.8 Å². The average Bonchev–Trinajstić information content (AvgIpc) is 3.28. The van der Waals surface area contributed by atoms with Gasteiger partial charge in [-0.1, -0.05) is 23.7 Å². The van der Waals surface area contributed by atoms with Crippen LogP contribution in [0.3, 0.4) is 0 Å². The minimum atomic E-state index is 0.253. The van der Waals surface area contributed by atoms with Crippen molar-refractivity contribution in [2.24, 2.45) is 0 Å². The largest absolute Gasteiger partial charge is 0.378 e. The molecule has 0 bridgehead atoms. The van der Waals surface area contributed by atoms with E-state index >= 15 is 0 Å². The molecular formula is C24H27ClN6O. The molecule has 0 saturated carbocycles. The Labute approximate surface area is 193 Å². The molecule has 0 aliphatic carbocycles. The van der Waals surface area contributed by atoms with Gasteiger partial charge >= 0.3 is 0 Å². The number of likely N-dealkylation sites (tertiary alicyclic amines) is 1. The van der Waals surface area contributed by atoms with Crippen LogP contribution in [0.25, 0.3) is 0 Å². The third kappa shape index (κ3) is 5.06. The smallest absolute Gasteiger partial charge is 0.225 e. The highest BCUT2D eigenvalue weighted by Crippen LogP contribution is 2.32. The zero-order chi connectivity index (χ0) is 21.8. The molecule has 2 aromatic heterocycles. The first-order chi connectivity index (χ1) is 15.7. The number of halogens is 1. The van der Waals surface area contributed by atoms with Crippen molar-refractivity contribution in [2.45, 2.75) is 31.8 Å². The minimum absolute atomic E-state index is 0.253. The number of morpholine rings is 1. The van der Waals surface area contributed by atoms with Gasteiger partial charge < -0.3 is 9.64 Å². The van der Waals surface area contributed by atoms with Crippen molar-refractivity contribution in [1.29, 1.82) is 0 Å². The summed E-state index contributed by atoms with van der Waals surface area (Å²) in [6.07, 6.45) is 8.57. The first kappa shape index (κ1) is 21.2. The highest BCUT2D eigenvalue weighted by molar-refractivity contribution is 6.30. The Kier molecular flexibility index (Phi) is 6.57. The van der Waals surface area contributed by atoms with Crippen LogP contribution in [-0.2, 0) is 17.7 Å². The number of anilines is 1. The highest BCUT2D eigenvalue weighted by Gasteiger charge is 2.28. The molecule has 0 spiro atoms. The maximum atomic E-state index is 6.14. The fraction of sp³-hybridized carbons (Fsp3) is 0.417. The van der Waals surface area contributed by atoms with E-state index in [4.69, 9.17) is 26.3 Å². The molecule has 8 heteroatoms. The van der Waals surface area contributed by atoms with Crippen LogP contribution in [0.2, 0.25) is 5.02 Å². The SMILES string of the molecule is Clc1cccc(Cc2cncc(C3CCCN3Cc3ccnc(N4CCOCC4)n3)n2)c1. The number of hydrogen-bond acceptors (Lipinski definition) is 7. The number of rotatable bonds is 6. The number of aromatic nitrogens is 4. The second kappa shape index (κ2) is 9.90. The predicted molar refractivity (Wildman–Crippen MR) is 124 cm³/mol. The maximum Gasteiger partial charge on any atom is 0.225 e. The quantitative estimate of drug-likeness (QED) is 0.567. The van der Waals surface area contributed by atoms with Gasteiger partial charge in [0.15, 0.2) is 0 Å². The molecule has 2 fully saturated rings. The number of hydrogen-bond donors (Lipinski definition) is 0. The van der Waals surface area contributed by atoms with Gasteiger partial charge in [-0.05, 0) is 43.1 Å². The van der Waals surface area contributed by atoms with E-state index in [1.165, 1.54) is 0 Å². The molecule has 0 N–H and O–H groups in total. The van der Waals surface area contributed by atoms with Crippen molar-refractivity contribution in [1.82, 2.24) is 24.8 Å². The van der Waals surface area contributed by atoms with Crippen molar-refractivity contribution in [3.8, 4) is 0 Å². The first-order valence-corrected chi connectivity index (χ1v) is 11.6. The van der Waals surface area contributed by atoms with Gasteiger partial charge in [-0.2, -0.15) is 0 Å². The monoisotopic (exact) mass is 450 g/mol. The normalized spacial score (nSPS) is 19.4. The lowest BCUT2D eigenvalue weighted by atomic mass is 10.1. The van der Waals surface area contributed by atoms with Crippen molar-refractivity contribution >= 4 is 17.5 Å². The molecule has 2 saturated heterocycles. The molecule has 1 unspecified atom stereocenters. The fourth-order valence-corrected chi connectivity index (χ4v) is 4.68. The molecule has 4 heterocycles. The zero-order valence-corrected chi connectivity index (χ0v) is 18.8. The van der Waals surface area contributed by atoms with Crippen molar-refractivity contribution in [2.75, 3.05) is 37.7 Å². The summed E-state index contributed by atoms with van der Waals surface area (Å²) in [6, 6.07) is 10.2. The van der Waals surface area contributed by atoms with Gasteiger partial charge in [0.1, 0.15) is 0 Å². The van der Waals surface area contributed by atoms with Crippen molar-refractivity contribution < 1.29 is 4.74 Å². The van der Waals surface area contributed by atoms with Crippen LogP contribution < -0.4 is 4.90 Å². The van der Waals surface area contributed by atoms with Gasteiger partial charge in [-0.25, -0.2) is 9.97 Å². The van der Waals surface area contributed by atoms with Crippen LogP contribution in [0, 0.1) is 0 Å². The van der Waals surface area contributed by atoms with Gasteiger partial charge in [0, 0.05) is 49.7 Å². The molecule has 0 amide bonds. The topological polar surface area (TPSA) is 67.3 Å². The minimum Gasteiger partial charge on any atom is -0.378 e. The third-order valence-electron chi connectivity index (χ3n) is 6.04. The van der Waals surface area contributed by atoms with Crippen LogP contribution in [0.1, 0.15) is 41.5 Å². The summed E-state index contributed by atoms with van der Waals surface area (Å²) in [6.45, 7) is 4.94. The molecule has 3 aromatic rings. The fourth-order valence-electron chi connectivity index (χ4n) is 4.47. The van der Waals surface area contributed by atoms with E-state index in [1.807, 2.05) is 42.9 Å². The second-order valence-corrected chi connectivity index (χ2v) is 8.75. The molecule has 5 rings (SSSR count). The van der Waals surface area contributed by atoms with Crippen LogP contribution in [-0.4, -0.2) is 57.7 Å². The van der Waals surface area contributed by atoms with E-state index in [9.17, 15) is 0 Å². The van der Waals surface area contributed by atoms with Crippen molar-refractivity contribution in [3.63, 3.8) is 0 Å². The third-order valence-corrected chi connectivity index (χ3v) is 6.28. The Balaban J connectivity index is 1.30. The van der Waals surface area contributed by atoms with Gasteiger partial charge in [0.05, 0.1) is 36.3 Å². The Bertz CT molecular complexity index is 1060. The van der Waals surface area contributed by atoms with Gasteiger partial charge in [-0.3, -0.25) is 14.9 Å². The molecule has 2 aliphatic heterocycles. The van der Waals surface area contributed by atoms with Crippen molar-refractivity contribution in [3.05, 3.63) is 76.6 Å². The molecule has 32 heavy (non-hydrogen) atoms. The van der Waals surface area contributed by atoms with E-state index < -0.39 is 0 Å². The standard InChI is InChI=1S/C24H27ClN6O/c25-19-4-1-3-18(13-19)14-21-15-26-16-22(28-21)23-5-2-8-31(23)17-20-6-7-27-24(29-20)30-9-11-32-12-10-30/h1,3-4,6-7,13,15-16,23H,2,5,8-12,14,17H2. The van der Waals surface area contributed by atoms with Gasteiger partial charge in [-0.15, -0.1) is 0 Å². The number of ether oxygens (including phenoxy) is 1. The van der Waals surface area contributed by atoms with Crippen LogP contribution in [0.5, 0.6) is 0 Å². The van der Waals surface area contributed by atoms with Gasteiger partial charge in [0.2, 0.25) is 5.95 Å². The van der Waals surface area contributed by atoms with E-state index in [0.29, 0.717) is 0 Å². The summed E-state index contributed by atoms with van der Waals surface area (Å²) >= 11 is 6.14. The van der Waals surface area contributed by atoms with E-state index in [1.54, 1.807) is 0 Å². The summed E-state index contributed by atoms with van der Waals surface area (Å²) in [5, 5.41) is 0.745. The lowest BCUT2D eigenvalue weighted by molar-refractivity contribution is 0.122.